The molecule has 0 aromatic heterocycles. The number of aryl methyl sites for hydroxylation is 2. The third-order valence-corrected chi connectivity index (χ3v) is 8.23. The smallest absolute Gasteiger partial charge is 0.125 e. The van der Waals surface area contributed by atoms with E-state index < -0.39 is 0 Å². The molecular weight excluding hydrogens is 512 g/mol. The van der Waals surface area contributed by atoms with Crippen molar-refractivity contribution in [3.05, 3.63) is 137 Å². The van der Waals surface area contributed by atoms with Crippen LogP contribution in [0.25, 0.3) is 0 Å². The Balaban J connectivity index is 1.15. The molecule has 0 heterocycles. The van der Waals surface area contributed by atoms with Crippen LogP contribution in [0.5, 0.6) is 5.75 Å². The predicted octanol–water partition coefficient (Wildman–Crippen LogP) is 8.70. The normalized spacial score (nSPS) is 12.6. The van der Waals surface area contributed by atoms with E-state index in [1.165, 1.54) is 59.9 Å². The van der Waals surface area contributed by atoms with Crippen molar-refractivity contribution in [2.75, 3.05) is 27.2 Å². The molecule has 2 unspecified atom stereocenters. The third kappa shape index (κ3) is 10.8. The Labute approximate surface area is 254 Å². The van der Waals surface area contributed by atoms with E-state index in [1.54, 1.807) is 0 Å². The van der Waals surface area contributed by atoms with Gasteiger partial charge in [-0.1, -0.05) is 110 Å². The molecule has 0 aliphatic rings. The molecule has 3 heteroatoms. The minimum Gasteiger partial charge on any atom is -0.486 e. The molecule has 2 atom stereocenters. The Kier molecular flexibility index (Phi) is 13.7. The minimum atomic E-state index is 0.0651. The van der Waals surface area contributed by atoms with Crippen molar-refractivity contribution in [2.45, 2.75) is 69.8 Å². The van der Waals surface area contributed by atoms with E-state index in [2.05, 4.69) is 120 Å². The maximum absolute atomic E-state index is 6.38. The highest BCUT2D eigenvalue weighted by Crippen LogP contribution is 2.26. The first-order valence-electron chi connectivity index (χ1n) is 16.0. The average Bonchev–Trinajstić information content (AvgIpc) is 3.05. The lowest BCUT2D eigenvalue weighted by Crippen LogP contribution is -2.16. The van der Waals surface area contributed by atoms with Gasteiger partial charge in [-0.15, -0.1) is 0 Å². The number of ether oxygens (including phenoxy) is 1. The molecule has 2 N–H and O–H groups in total. The average molecular weight is 563 g/mol. The molecule has 3 nitrogen and oxygen atoms in total. The molecule has 4 aromatic rings. The van der Waals surface area contributed by atoms with Gasteiger partial charge in [0.15, 0.2) is 0 Å². The zero-order chi connectivity index (χ0) is 29.2. The highest BCUT2D eigenvalue weighted by molar-refractivity contribution is 5.29. The number of benzene rings is 4. The van der Waals surface area contributed by atoms with Crippen molar-refractivity contribution in [1.82, 2.24) is 10.6 Å². The van der Waals surface area contributed by atoms with Gasteiger partial charge in [0.2, 0.25) is 0 Å². The van der Waals surface area contributed by atoms with E-state index in [0.29, 0.717) is 5.92 Å². The Morgan fingerprint density at radius 2 is 1.02 bits per heavy atom. The van der Waals surface area contributed by atoms with Crippen molar-refractivity contribution < 1.29 is 4.74 Å². The lowest BCUT2D eigenvalue weighted by Gasteiger charge is -2.20. The SMILES string of the molecule is CNCCC(Cc1ccc(CCCCCCc2ccc(OC(CCNC)c3ccccc3)cc2)cc1)c1ccccc1. The van der Waals surface area contributed by atoms with E-state index >= 15 is 0 Å². The molecule has 0 bridgehead atoms. The maximum Gasteiger partial charge on any atom is 0.125 e. The van der Waals surface area contributed by atoms with Crippen LogP contribution in [0.2, 0.25) is 0 Å². The molecular formula is C39H50N2O. The summed E-state index contributed by atoms with van der Waals surface area (Å²) in [6.07, 6.45) is 10.6. The lowest BCUT2D eigenvalue weighted by atomic mass is 9.89. The topological polar surface area (TPSA) is 33.3 Å². The predicted molar refractivity (Wildman–Crippen MR) is 179 cm³/mol. The van der Waals surface area contributed by atoms with Gasteiger partial charge in [0.05, 0.1) is 0 Å². The van der Waals surface area contributed by atoms with E-state index in [4.69, 9.17) is 4.74 Å². The Morgan fingerprint density at radius 1 is 0.524 bits per heavy atom. The number of unbranched alkanes of at least 4 members (excludes halogenated alkanes) is 3. The fraction of sp³-hybridized carbons (Fsp3) is 0.385. The first kappa shape index (κ1) is 31.5. The molecule has 0 aliphatic carbocycles. The molecule has 0 saturated carbocycles. The highest BCUT2D eigenvalue weighted by Gasteiger charge is 2.13. The van der Waals surface area contributed by atoms with Crippen LogP contribution >= 0.6 is 0 Å². The zero-order valence-corrected chi connectivity index (χ0v) is 25.7. The van der Waals surface area contributed by atoms with Crippen LogP contribution in [0.1, 0.15) is 78.4 Å². The Hall–Kier alpha value is -3.40. The Bertz CT molecular complexity index is 1140. The van der Waals surface area contributed by atoms with Gasteiger partial charge >= 0.3 is 0 Å². The van der Waals surface area contributed by atoms with Crippen molar-refractivity contribution in [3.63, 3.8) is 0 Å². The number of rotatable bonds is 19. The van der Waals surface area contributed by atoms with Crippen LogP contribution in [-0.2, 0) is 19.3 Å². The van der Waals surface area contributed by atoms with E-state index in [-0.39, 0.29) is 6.10 Å². The summed E-state index contributed by atoms with van der Waals surface area (Å²) in [6, 6.07) is 39.6. The monoisotopic (exact) mass is 562 g/mol. The van der Waals surface area contributed by atoms with Gasteiger partial charge in [-0.3, -0.25) is 0 Å². The zero-order valence-electron chi connectivity index (χ0n) is 25.7. The summed E-state index contributed by atoms with van der Waals surface area (Å²) in [7, 11) is 4.03. The molecule has 4 rings (SSSR count). The minimum absolute atomic E-state index is 0.0651. The molecule has 0 saturated heterocycles. The van der Waals surface area contributed by atoms with Crippen LogP contribution < -0.4 is 15.4 Å². The van der Waals surface area contributed by atoms with Crippen molar-refractivity contribution in [1.29, 1.82) is 0 Å². The molecule has 42 heavy (non-hydrogen) atoms. The summed E-state index contributed by atoms with van der Waals surface area (Å²) in [4.78, 5) is 0. The van der Waals surface area contributed by atoms with Gasteiger partial charge in [-0.2, -0.15) is 0 Å². The van der Waals surface area contributed by atoms with Crippen LogP contribution in [0, 0.1) is 0 Å². The quantitative estimate of drug-likeness (QED) is 0.112. The highest BCUT2D eigenvalue weighted by atomic mass is 16.5. The summed E-state index contributed by atoms with van der Waals surface area (Å²) in [6.45, 7) is 1.97. The van der Waals surface area contributed by atoms with Gasteiger partial charge in [-0.25, -0.2) is 0 Å². The van der Waals surface area contributed by atoms with Crippen molar-refractivity contribution in [3.8, 4) is 5.75 Å². The first-order chi connectivity index (χ1) is 20.7. The van der Waals surface area contributed by atoms with Gasteiger partial charge in [0.1, 0.15) is 11.9 Å². The molecule has 0 spiro atoms. The van der Waals surface area contributed by atoms with Crippen molar-refractivity contribution >= 4 is 0 Å². The molecule has 0 aliphatic heterocycles. The second-order valence-electron chi connectivity index (χ2n) is 11.5. The van der Waals surface area contributed by atoms with Gasteiger partial charge < -0.3 is 15.4 Å². The third-order valence-electron chi connectivity index (χ3n) is 8.23. The molecule has 0 amide bonds. The lowest BCUT2D eigenvalue weighted by molar-refractivity contribution is 0.195. The standard InChI is InChI=1S/C39H50N2O/c1-40-29-27-37(35-15-9-5-10-16-35)31-34-21-19-32(20-22-34)13-7-3-4-8-14-33-23-25-38(26-24-33)42-39(28-30-41-2)36-17-11-6-12-18-36/h5-6,9-12,15-26,37,39-41H,3-4,7-8,13-14,27-31H2,1-2H3. The molecule has 222 valence electrons. The van der Waals surface area contributed by atoms with Crippen LogP contribution in [0.3, 0.4) is 0 Å². The summed E-state index contributed by atoms with van der Waals surface area (Å²) in [5.74, 6) is 1.51. The molecule has 4 aromatic carbocycles. The van der Waals surface area contributed by atoms with Gasteiger partial charge in [0, 0.05) is 6.42 Å². The number of hydrogen-bond donors (Lipinski definition) is 2. The van der Waals surface area contributed by atoms with Crippen LogP contribution in [0.15, 0.2) is 109 Å². The summed E-state index contributed by atoms with van der Waals surface area (Å²) < 4.78 is 6.38. The number of hydrogen-bond acceptors (Lipinski definition) is 3. The fourth-order valence-electron chi connectivity index (χ4n) is 5.70. The second-order valence-corrected chi connectivity index (χ2v) is 11.5. The molecule has 0 radical (unpaired) electrons. The van der Waals surface area contributed by atoms with E-state index in [9.17, 15) is 0 Å². The second kappa shape index (κ2) is 18.2. The van der Waals surface area contributed by atoms with Crippen LogP contribution in [-0.4, -0.2) is 27.2 Å². The molecule has 0 fully saturated rings. The van der Waals surface area contributed by atoms with Crippen molar-refractivity contribution in [2.24, 2.45) is 0 Å². The number of nitrogens with one attached hydrogen (secondary N) is 2. The van der Waals surface area contributed by atoms with E-state index in [1.807, 2.05) is 14.1 Å². The van der Waals surface area contributed by atoms with Crippen LogP contribution in [0.4, 0.5) is 0 Å². The van der Waals surface area contributed by atoms with E-state index in [0.717, 1.165) is 44.5 Å². The maximum atomic E-state index is 6.38. The van der Waals surface area contributed by atoms with Gasteiger partial charge in [0.25, 0.3) is 0 Å². The summed E-state index contributed by atoms with van der Waals surface area (Å²) >= 11 is 0. The Morgan fingerprint density at radius 3 is 1.60 bits per heavy atom. The summed E-state index contributed by atoms with van der Waals surface area (Å²) in [5.41, 5.74) is 6.97. The first-order valence-corrected chi connectivity index (χ1v) is 16.0. The summed E-state index contributed by atoms with van der Waals surface area (Å²) in [5, 5.41) is 6.57. The largest absolute Gasteiger partial charge is 0.486 e. The fourth-order valence-corrected chi connectivity index (χ4v) is 5.70. The van der Waals surface area contributed by atoms with Gasteiger partial charge in [-0.05, 0) is 112 Å².